The van der Waals surface area contributed by atoms with Crippen molar-refractivity contribution in [3.63, 3.8) is 0 Å². The summed E-state index contributed by atoms with van der Waals surface area (Å²) in [6.07, 6.45) is 3.91. The largest absolute Gasteiger partial charge is 0.364 e. The lowest BCUT2D eigenvalue weighted by molar-refractivity contribution is 0.651. The molecule has 4 rings (SSSR count). The van der Waals surface area contributed by atoms with Gasteiger partial charge in [0.25, 0.3) is 0 Å². The van der Waals surface area contributed by atoms with Crippen molar-refractivity contribution in [2.45, 2.75) is 38.8 Å². The van der Waals surface area contributed by atoms with E-state index in [0.29, 0.717) is 17.7 Å². The number of rotatable bonds is 7. The van der Waals surface area contributed by atoms with Crippen LogP contribution >= 0.6 is 11.3 Å². The number of aromatic nitrogens is 3. The molecule has 0 bridgehead atoms. The lowest BCUT2D eigenvalue weighted by atomic mass is 9.94. The van der Waals surface area contributed by atoms with Crippen molar-refractivity contribution in [3.05, 3.63) is 64.4 Å². The number of benzene rings is 1. The summed E-state index contributed by atoms with van der Waals surface area (Å²) in [6, 6.07) is 14.3. The molecule has 1 aliphatic rings. The smallest absolute Gasteiger partial charge is 0.223 e. The number of allylic oxidation sites excluding steroid dienone is 1. The molecule has 1 aliphatic heterocycles. The Bertz CT molecular complexity index is 1070. The molecule has 0 fully saturated rings. The molecule has 29 heavy (non-hydrogen) atoms. The van der Waals surface area contributed by atoms with Crippen molar-refractivity contribution in [2.24, 2.45) is 0 Å². The number of nitrogens with zero attached hydrogens (tertiary/aromatic N) is 4. The van der Waals surface area contributed by atoms with Crippen LogP contribution in [0.15, 0.2) is 53.7 Å². The summed E-state index contributed by atoms with van der Waals surface area (Å²) in [5, 5.41) is 18.9. The summed E-state index contributed by atoms with van der Waals surface area (Å²) in [7, 11) is 0. The third-order valence-electron chi connectivity index (χ3n) is 4.83. The van der Waals surface area contributed by atoms with E-state index in [1.54, 1.807) is 17.5 Å². The highest BCUT2D eigenvalue weighted by Crippen LogP contribution is 2.41. The van der Waals surface area contributed by atoms with Gasteiger partial charge in [0.15, 0.2) is 0 Å². The Balaban J connectivity index is 1.60. The molecule has 0 radical (unpaired) electrons. The first-order chi connectivity index (χ1) is 14.2. The topological polar surface area (TPSA) is 86.5 Å². The van der Waals surface area contributed by atoms with Gasteiger partial charge in [-0.1, -0.05) is 43.7 Å². The molecule has 2 aromatic heterocycles. The first kappa shape index (κ1) is 19.1. The molecule has 0 amide bonds. The molecule has 1 aromatic carbocycles. The minimum atomic E-state index is -0.163. The SMILES string of the molecule is CCCC(C)Nc1nccc(C2NC(C#N)=C2c2nc(-c3ccccc3)cs2)n1. The summed E-state index contributed by atoms with van der Waals surface area (Å²) in [4.78, 5) is 13.8. The number of hydrogen-bond donors (Lipinski definition) is 2. The van der Waals surface area contributed by atoms with E-state index in [1.807, 2.05) is 41.8 Å². The standard InChI is InChI=1S/C22H22N6S/c1-3-7-14(2)25-22-24-11-10-16(28-22)20-19(17(12-23)26-20)21-27-18(13-29-21)15-8-5-4-6-9-15/h4-6,8-11,13-14,20,26H,3,7H2,1-2H3,(H,24,25,28). The monoisotopic (exact) mass is 402 g/mol. The molecule has 2 N–H and O–H groups in total. The van der Waals surface area contributed by atoms with Gasteiger partial charge < -0.3 is 10.6 Å². The van der Waals surface area contributed by atoms with Crippen molar-refractivity contribution in [3.8, 4) is 17.3 Å². The summed E-state index contributed by atoms with van der Waals surface area (Å²) >= 11 is 1.55. The van der Waals surface area contributed by atoms with Gasteiger partial charge in [-0.25, -0.2) is 15.0 Å². The van der Waals surface area contributed by atoms with Gasteiger partial charge in [-0.15, -0.1) is 11.3 Å². The molecule has 3 aromatic rings. The van der Waals surface area contributed by atoms with E-state index in [4.69, 9.17) is 4.98 Å². The normalized spacial score (nSPS) is 16.5. The van der Waals surface area contributed by atoms with Crippen LogP contribution in [0.4, 0.5) is 5.95 Å². The van der Waals surface area contributed by atoms with Crippen LogP contribution in [0.1, 0.15) is 43.4 Å². The fraction of sp³-hybridized carbons (Fsp3) is 0.273. The van der Waals surface area contributed by atoms with Crippen molar-refractivity contribution >= 4 is 22.9 Å². The summed E-state index contributed by atoms with van der Waals surface area (Å²) in [5.41, 5.74) is 4.26. The van der Waals surface area contributed by atoms with Gasteiger partial charge in [0.1, 0.15) is 22.8 Å². The number of nitriles is 1. The average Bonchev–Trinajstić information content (AvgIpc) is 3.18. The van der Waals surface area contributed by atoms with E-state index in [1.165, 1.54) is 0 Å². The second-order valence-corrected chi connectivity index (χ2v) is 7.88. The maximum atomic E-state index is 9.50. The highest BCUT2D eigenvalue weighted by Gasteiger charge is 2.34. The molecule has 3 heterocycles. The minimum Gasteiger partial charge on any atom is -0.364 e. The quantitative estimate of drug-likeness (QED) is 0.591. The molecular weight excluding hydrogens is 380 g/mol. The molecule has 2 unspecified atom stereocenters. The number of anilines is 1. The van der Waals surface area contributed by atoms with E-state index < -0.39 is 0 Å². The molecule has 6 nitrogen and oxygen atoms in total. The Morgan fingerprint density at radius 1 is 1.24 bits per heavy atom. The average molecular weight is 403 g/mol. The van der Waals surface area contributed by atoms with Crippen LogP contribution in [-0.2, 0) is 0 Å². The van der Waals surface area contributed by atoms with E-state index >= 15 is 0 Å². The zero-order valence-electron chi connectivity index (χ0n) is 16.4. The van der Waals surface area contributed by atoms with Crippen molar-refractivity contribution in [2.75, 3.05) is 5.32 Å². The third kappa shape index (κ3) is 3.98. The van der Waals surface area contributed by atoms with Gasteiger partial charge in [-0.2, -0.15) is 5.26 Å². The highest BCUT2D eigenvalue weighted by molar-refractivity contribution is 7.11. The van der Waals surface area contributed by atoms with Crippen molar-refractivity contribution in [1.82, 2.24) is 20.3 Å². The van der Waals surface area contributed by atoms with Crippen LogP contribution in [0.2, 0.25) is 0 Å². The summed E-state index contributed by atoms with van der Waals surface area (Å²) in [5.74, 6) is 0.610. The first-order valence-corrected chi connectivity index (χ1v) is 10.6. The third-order valence-corrected chi connectivity index (χ3v) is 5.71. The van der Waals surface area contributed by atoms with E-state index in [0.717, 1.165) is 40.4 Å². The second-order valence-electron chi connectivity index (χ2n) is 7.02. The highest BCUT2D eigenvalue weighted by atomic mass is 32.1. The second kappa shape index (κ2) is 8.41. The van der Waals surface area contributed by atoms with Crippen LogP contribution in [0.3, 0.4) is 0 Å². The number of hydrogen-bond acceptors (Lipinski definition) is 7. The Morgan fingerprint density at radius 2 is 2.07 bits per heavy atom. The van der Waals surface area contributed by atoms with Gasteiger partial charge >= 0.3 is 0 Å². The Hall–Kier alpha value is -3.24. The van der Waals surface area contributed by atoms with Crippen LogP contribution in [0, 0.1) is 11.3 Å². The Kier molecular flexibility index (Phi) is 5.54. The molecule has 0 saturated heterocycles. The lowest BCUT2D eigenvalue weighted by Gasteiger charge is -2.31. The van der Waals surface area contributed by atoms with Crippen LogP contribution in [-0.4, -0.2) is 21.0 Å². The van der Waals surface area contributed by atoms with Gasteiger partial charge in [0, 0.05) is 23.2 Å². The molecule has 2 atom stereocenters. The first-order valence-electron chi connectivity index (χ1n) is 9.71. The van der Waals surface area contributed by atoms with Crippen molar-refractivity contribution in [1.29, 1.82) is 5.26 Å². The van der Waals surface area contributed by atoms with Gasteiger partial charge in [-0.05, 0) is 19.4 Å². The molecule has 0 aliphatic carbocycles. The van der Waals surface area contributed by atoms with Gasteiger partial charge in [0.2, 0.25) is 5.95 Å². The lowest BCUT2D eigenvalue weighted by Crippen LogP contribution is -2.34. The van der Waals surface area contributed by atoms with Crippen LogP contribution in [0.5, 0.6) is 0 Å². The zero-order valence-corrected chi connectivity index (χ0v) is 17.2. The number of thiazole rings is 1. The predicted octanol–water partition coefficient (Wildman–Crippen LogP) is 4.78. The predicted molar refractivity (Wildman–Crippen MR) is 116 cm³/mol. The summed E-state index contributed by atoms with van der Waals surface area (Å²) < 4.78 is 0. The fourth-order valence-corrected chi connectivity index (χ4v) is 4.28. The molecule has 0 saturated carbocycles. The maximum Gasteiger partial charge on any atom is 0.223 e. The van der Waals surface area contributed by atoms with E-state index in [9.17, 15) is 5.26 Å². The molecular formula is C22H22N6S. The van der Waals surface area contributed by atoms with E-state index in [-0.39, 0.29) is 6.04 Å². The Labute approximate surface area is 174 Å². The molecule has 0 spiro atoms. The van der Waals surface area contributed by atoms with Gasteiger partial charge in [0.05, 0.1) is 17.0 Å². The van der Waals surface area contributed by atoms with Gasteiger partial charge in [-0.3, -0.25) is 0 Å². The van der Waals surface area contributed by atoms with Crippen molar-refractivity contribution < 1.29 is 0 Å². The Morgan fingerprint density at radius 3 is 2.83 bits per heavy atom. The number of nitrogens with one attached hydrogen (secondary N) is 2. The molecule has 146 valence electrons. The van der Waals surface area contributed by atoms with Crippen LogP contribution < -0.4 is 10.6 Å². The maximum absolute atomic E-state index is 9.50. The minimum absolute atomic E-state index is 0.163. The summed E-state index contributed by atoms with van der Waals surface area (Å²) in [6.45, 7) is 4.28. The molecule has 7 heteroatoms. The zero-order chi connectivity index (χ0) is 20.2. The van der Waals surface area contributed by atoms with E-state index in [2.05, 4.69) is 40.5 Å². The fourth-order valence-electron chi connectivity index (χ4n) is 3.37. The van der Waals surface area contributed by atoms with Crippen LogP contribution in [0.25, 0.3) is 16.8 Å².